The lowest BCUT2D eigenvalue weighted by atomic mass is 10.0. The lowest BCUT2D eigenvalue weighted by Crippen LogP contribution is -2.19. The lowest BCUT2D eigenvalue weighted by Gasteiger charge is -2.18. The van der Waals surface area contributed by atoms with E-state index in [-0.39, 0.29) is 6.04 Å². The third-order valence-electron chi connectivity index (χ3n) is 2.78. The number of nitrogens with one attached hydrogen (secondary N) is 2. The van der Waals surface area contributed by atoms with Crippen molar-refractivity contribution in [3.8, 4) is 5.75 Å². The Hall–Kier alpha value is -1.81. The fourth-order valence-corrected chi connectivity index (χ4v) is 1.95. The Bertz CT molecular complexity index is 479. The first-order valence-corrected chi connectivity index (χ1v) is 5.57. The molecule has 17 heavy (non-hydrogen) atoms. The molecular weight excluding hydrogens is 214 g/mol. The molecule has 0 saturated carbocycles. The summed E-state index contributed by atoms with van der Waals surface area (Å²) < 4.78 is 5.40. The number of aromatic nitrogens is 2. The Labute approximate surface area is 101 Å². The van der Waals surface area contributed by atoms with Crippen LogP contribution in [-0.2, 0) is 0 Å². The summed E-state index contributed by atoms with van der Waals surface area (Å²) in [6.07, 6.45) is 3.57. The predicted octanol–water partition coefficient (Wildman–Crippen LogP) is 2.04. The van der Waals surface area contributed by atoms with Gasteiger partial charge in [0.25, 0.3) is 0 Å². The zero-order valence-corrected chi connectivity index (χ0v) is 10.3. The van der Waals surface area contributed by atoms with Crippen LogP contribution in [0, 0.1) is 6.92 Å². The molecule has 0 spiro atoms. The van der Waals surface area contributed by atoms with Crippen molar-refractivity contribution in [2.24, 2.45) is 0 Å². The Morgan fingerprint density at radius 2 is 2.24 bits per heavy atom. The van der Waals surface area contributed by atoms with Crippen LogP contribution in [0.2, 0.25) is 0 Å². The van der Waals surface area contributed by atoms with Crippen molar-refractivity contribution in [2.45, 2.75) is 13.0 Å². The minimum Gasteiger partial charge on any atom is -0.496 e. The standard InChI is InChI=1S/C13H17N3O/c1-9-4-5-11(17-3)10(8-9)12(14-2)13-15-6-7-16-13/h4-8,12,14H,1-3H3,(H,15,16). The molecule has 1 heterocycles. The molecule has 0 bridgehead atoms. The van der Waals surface area contributed by atoms with Gasteiger partial charge in [-0.2, -0.15) is 0 Å². The fourth-order valence-electron chi connectivity index (χ4n) is 1.95. The van der Waals surface area contributed by atoms with Crippen LogP contribution in [0.4, 0.5) is 0 Å². The molecule has 0 radical (unpaired) electrons. The molecule has 0 fully saturated rings. The van der Waals surface area contributed by atoms with Gasteiger partial charge in [0.1, 0.15) is 11.6 Å². The molecule has 2 rings (SSSR count). The van der Waals surface area contributed by atoms with Crippen LogP contribution in [0.25, 0.3) is 0 Å². The molecule has 1 aromatic heterocycles. The van der Waals surface area contributed by atoms with Crippen LogP contribution in [0.15, 0.2) is 30.6 Å². The maximum Gasteiger partial charge on any atom is 0.127 e. The molecule has 2 N–H and O–H groups in total. The molecule has 0 saturated heterocycles. The first kappa shape index (κ1) is 11.7. The zero-order chi connectivity index (χ0) is 12.3. The second kappa shape index (κ2) is 5.01. The van der Waals surface area contributed by atoms with Crippen LogP contribution < -0.4 is 10.1 Å². The number of methoxy groups -OCH3 is 1. The van der Waals surface area contributed by atoms with Gasteiger partial charge in [0, 0.05) is 18.0 Å². The summed E-state index contributed by atoms with van der Waals surface area (Å²) in [5, 5.41) is 3.25. The third-order valence-corrected chi connectivity index (χ3v) is 2.78. The number of ether oxygens (including phenoxy) is 1. The number of hydrogen-bond donors (Lipinski definition) is 2. The summed E-state index contributed by atoms with van der Waals surface area (Å²) in [5.41, 5.74) is 2.29. The molecule has 0 amide bonds. The second-order valence-electron chi connectivity index (χ2n) is 3.94. The monoisotopic (exact) mass is 231 g/mol. The summed E-state index contributed by atoms with van der Waals surface area (Å²) in [4.78, 5) is 7.42. The maximum absolute atomic E-state index is 5.40. The summed E-state index contributed by atoms with van der Waals surface area (Å²) in [7, 11) is 3.60. The highest BCUT2D eigenvalue weighted by Gasteiger charge is 2.18. The average molecular weight is 231 g/mol. The fraction of sp³-hybridized carbons (Fsp3) is 0.308. The van der Waals surface area contributed by atoms with Crippen molar-refractivity contribution in [1.29, 1.82) is 0 Å². The Morgan fingerprint density at radius 3 is 2.82 bits per heavy atom. The number of aryl methyl sites for hydroxylation is 1. The van der Waals surface area contributed by atoms with Gasteiger partial charge in [0.2, 0.25) is 0 Å². The minimum absolute atomic E-state index is 0.0137. The number of rotatable bonds is 4. The normalized spacial score (nSPS) is 12.4. The van der Waals surface area contributed by atoms with E-state index in [4.69, 9.17) is 4.74 Å². The molecule has 4 heteroatoms. The second-order valence-corrected chi connectivity index (χ2v) is 3.94. The number of aromatic amines is 1. The van der Waals surface area contributed by atoms with Crippen LogP contribution in [0.1, 0.15) is 23.0 Å². The van der Waals surface area contributed by atoms with Crippen molar-refractivity contribution >= 4 is 0 Å². The van der Waals surface area contributed by atoms with Gasteiger partial charge in [-0.05, 0) is 20.0 Å². The maximum atomic E-state index is 5.40. The van der Waals surface area contributed by atoms with Gasteiger partial charge in [0.15, 0.2) is 0 Å². The van der Waals surface area contributed by atoms with E-state index in [0.717, 1.165) is 17.1 Å². The molecule has 0 aliphatic carbocycles. The van der Waals surface area contributed by atoms with E-state index in [1.807, 2.05) is 25.4 Å². The number of benzene rings is 1. The summed E-state index contributed by atoms with van der Waals surface area (Å²) >= 11 is 0. The van der Waals surface area contributed by atoms with Crippen molar-refractivity contribution < 1.29 is 4.74 Å². The van der Waals surface area contributed by atoms with Crippen LogP contribution in [-0.4, -0.2) is 24.1 Å². The third kappa shape index (κ3) is 2.31. The summed E-state index contributed by atoms with van der Waals surface area (Å²) in [6, 6.07) is 6.15. The van der Waals surface area contributed by atoms with E-state index in [2.05, 4.69) is 28.3 Å². The summed E-state index contributed by atoms with van der Waals surface area (Å²) in [5.74, 6) is 1.75. The van der Waals surface area contributed by atoms with E-state index in [1.165, 1.54) is 5.56 Å². The SMILES string of the molecule is CNC(c1ncc[nH]1)c1cc(C)ccc1OC. The Kier molecular flexibility index (Phi) is 3.44. The molecule has 2 aromatic rings. The number of imidazole rings is 1. The lowest BCUT2D eigenvalue weighted by molar-refractivity contribution is 0.404. The van der Waals surface area contributed by atoms with E-state index >= 15 is 0 Å². The van der Waals surface area contributed by atoms with Gasteiger partial charge in [-0.25, -0.2) is 4.98 Å². The largest absolute Gasteiger partial charge is 0.496 e. The van der Waals surface area contributed by atoms with Crippen molar-refractivity contribution in [3.63, 3.8) is 0 Å². The minimum atomic E-state index is 0.0137. The zero-order valence-electron chi connectivity index (χ0n) is 10.3. The van der Waals surface area contributed by atoms with Gasteiger partial charge in [-0.3, -0.25) is 0 Å². The quantitative estimate of drug-likeness (QED) is 0.846. The molecule has 1 aromatic carbocycles. The first-order valence-electron chi connectivity index (χ1n) is 5.57. The van der Waals surface area contributed by atoms with Gasteiger partial charge in [-0.1, -0.05) is 17.7 Å². The van der Waals surface area contributed by atoms with Crippen LogP contribution in [0.3, 0.4) is 0 Å². The van der Waals surface area contributed by atoms with Crippen LogP contribution in [0.5, 0.6) is 5.75 Å². The molecule has 0 aliphatic rings. The molecule has 1 atom stereocenters. The average Bonchev–Trinajstić information content (AvgIpc) is 2.84. The van der Waals surface area contributed by atoms with Gasteiger partial charge in [0.05, 0.1) is 13.2 Å². The molecular formula is C13H17N3O. The van der Waals surface area contributed by atoms with E-state index in [0.29, 0.717) is 0 Å². The molecule has 90 valence electrons. The van der Waals surface area contributed by atoms with E-state index in [1.54, 1.807) is 13.3 Å². The van der Waals surface area contributed by atoms with E-state index < -0.39 is 0 Å². The topological polar surface area (TPSA) is 49.9 Å². The van der Waals surface area contributed by atoms with Crippen molar-refractivity contribution in [1.82, 2.24) is 15.3 Å². The van der Waals surface area contributed by atoms with Crippen LogP contribution >= 0.6 is 0 Å². The number of nitrogens with zero attached hydrogens (tertiary/aromatic N) is 1. The number of H-pyrrole nitrogens is 1. The first-order chi connectivity index (χ1) is 8.26. The Morgan fingerprint density at radius 1 is 1.41 bits per heavy atom. The smallest absolute Gasteiger partial charge is 0.127 e. The number of hydrogen-bond acceptors (Lipinski definition) is 3. The summed E-state index contributed by atoms with van der Waals surface area (Å²) in [6.45, 7) is 2.07. The molecule has 4 nitrogen and oxygen atoms in total. The van der Waals surface area contributed by atoms with Gasteiger partial charge < -0.3 is 15.0 Å². The highest BCUT2D eigenvalue weighted by Crippen LogP contribution is 2.28. The van der Waals surface area contributed by atoms with E-state index in [9.17, 15) is 0 Å². The molecule has 1 unspecified atom stereocenters. The molecule has 0 aliphatic heterocycles. The highest BCUT2D eigenvalue weighted by atomic mass is 16.5. The van der Waals surface area contributed by atoms with Gasteiger partial charge in [-0.15, -0.1) is 0 Å². The predicted molar refractivity (Wildman–Crippen MR) is 67.2 cm³/mol. The van der Waals surface area contributed by atoms with Crippen molar-refractivity contribution in [3.05, 3.63) is 47.5 Å². The Balaban J connectivity index is 2.46. The van der Waals surface area contributed by atoms with Gasteiger partial charge >= 0.3 is 0 Å². The van der Waals surface area contributed by atoms with Crippen molar-refractivity contribution in [2.75, 3.05) is 14.2 Å². The highest BCUT2D eigenvalue weighted by molar-refractivity contribution is 5.41.